The van der Waals surface area contributed by atoms with Crippen molar-refractivity contribution >= 4 is 31.9 Å². The highest BCUT2D eigenvalue weighted by Gasteiger charge is 2.20. The fourth-order valence-electron chi connectivity index (χ4n) is 2.51. The highest BCUT2D eigenvalue weighted by molar-refractivity contribution is 9.10. The molecular formula is C14H18BrNO3S. The zero-order chi connectivity index (χ0) is 14.6. The molecule has 20 heavy (non-hydrogen) atoms. The topological polar surface area (TPSA) is 63.2 Å². The number of hydrogen-bond donors (Lipinski definition) is 1. The van der Waals surface area contributed by atoms with E-state index in [9.17, 15) is 13.2 Å². The van der Waals surface area contributed by atoms with E-state index in [1.165, 1.54) is 25.0 Å². The third-order valence-corrected chi connectivity index (χ3v) is 5.54. The predicted octanol–water partition coefficient (Wildman–Crippen LogP) is 3.22. The molecule has 1 aromatic rings. The molecule has 0 radical (unpaired) electrons. The van der Waals surface area contributed by atoms with Crippen LogP contribution < -0.4 is 4.72 Å². The molecule has 1 aliphatic rings. The number of carbonyl (C=O) groups excluding carboxylic acids is 1. The molecule has 1 saturated carbocycles. The molecule has 110 valence electrons. The Labute approximate surface area is 128 Å². The van der Waals surface area contributed by atoms with E-state index in [0.717, 1.165) is 23.7 Å². The average molecular weight is 360 g/mol. The lowest BCUT2D eigenvalue weighted by Crippen LogP contribution is -2.30. The summed E-state index contributed by atoms with van der Waals surface area (Å²) in [5.41, 5.74) is 0. The molecule has 1 N–H and O–H groups in total. The van der Waals surface area contributed by atoms with Gasteiger partial charge in [0.1, 0.15) is 0 Å². The van der Waals surface area contributed by atoms with Crippen LogP contribution in [0.25, 0.3) is 0 Å². The minimum absolute atomic E-state index is 0.106. The molecule has 0 saturated heterocycles. The van der Waals surface area contributed by atoms with Crippen molar-refractivity contribution in [1.82, 2.24) is 4.72 Å². The maximum atomic E-state index is 12.0. The Morgan fingerprint density at radius 3 is 2.40 bits per heavy atom. The van der Waals surface area contributed by atoms with E-state index in [1.807, 2.05) is 0 Å². The van der Waals surface area contributed by atoms with Crippen molar-refractivity contribution in [1.29, 1.82) is 0 Å². The number of rotatable bonds is 5. The molecule has 2 rings (SSSR count). The monoisotopic (exact) mass is 359 g/mol. The van der Waals surface area contributed by atoms with Gasteiger partial charge in [-0.2, -0.15) is 0 Å². The molecular weight excluding hydrogens is 342 g/mol. The van der Waals surface area contributed by atoms with Crippen molar-refractivity contribution < 1.29 is 13.2 Å². The first-order valence-electron chi connectivity index (χ1n) is 6.78. The largest absolute Gasteiger partial charge is 0.274 e. The van der Waals surface area contributed by atoms with Gasteiger partial charge in [-0.15, -0.1) is 0 Å². The van der Waals surface area contributed by atoms with Gasteiger partial charge in [-0.1, -0.05) is 41.6 Å². The molecule has 0 atom stereocenters. The average Bonchev–Trinajstić information content (AvgIpc) is 2.89. The van der Waals surface area contributed by atoms with Crippen LogP contribution in [0.1, 0.15) is 38.5 Å². The SMILES string of the molecule is O=C(CCC1CCCC1)NS(=O)(=O)c1ccc(Br)cc1. The Bertz CT molecular complexity index is 563. The van der Waals surface area contributed by atoms with Crippen LogP contribution in [-0.4, -0.2) is 14.3 Å². The Hall–Kier alpha value is -0.880. The van der Waals surface area contributed by atoms with Crippen molar-refractivity contribution in [3.8, 4) is 0 Å². The third kappa shape index (κ3) is 4.31. The van der Waals surface area contributed by atoms with Crippen molar-refractivity contribution in [3.05, 3.63) is 28.7 Å². The first kappa shape index (κ1) is 15.5. The molecule has 0 aromatic heterocycles. The molecule has 1 amide bonds. The Morgan fingerprint density at radius 2 is 1.80 bits per heavy atom. The standard InChI is InChI=1S/C14H18BrNO3S/c15-12-6-8-13(9-7-12)20(18,19)16-14(17)10-5-11-3-1-2-4-11/h6-9,11H,1-5,10H2,(H,16,17). The minimum Gasteiger partial charge on any atom is -0.274 e. The van der Waals surface area contributed by atoms with Crippen molar-refractivity contribution in [3.63, 3.8) is 0 Å². The second-order valence-corrected chi connectivity index (χ2v) is 7.77. The fraction of sp³-hybridized carbons (Fsp3) is 0.500. The lowest BCUT2D eigenvalue weighted by Gasteiger charge is -2.09. The van der Waals surface area contributed by atoms with E-state index >= 15 is 0 Å². The van der Waals surface area contributed by atoms with Crippen LogP contribution in [0.3, 0.4) is 0 Å². The Morgan fingerprint density at radius 1 is 1.20 bits per heavy atom. The first-order valence-corrected chi connectivity index (χ1v) is 9.06. The summed E-state index contributed by atoms with van der Waals surface area (Å²) in [6, 6.07) is 6.21. The molecule has 6 heteroatoms. The third-order valence-electron chi connectivity index (χ3n) is 3.63. The maximum Gasteiger partial charge on any atom is 0.264 e. The molecule has 1 fully saturated rings. The number of hydrogen-bond acceptors (Lipinski definition) is 3. The second-order valence-electron chi connectivity index (χ2n) is 5.17. The number of carbonyl (C=O) groups is 1. The maximum absolute atomic E-state index is 12.0. The van der Waals surface area contributed by atoms with Crippen LogP contribution in [0.2, 0.25) is 0 Å². The summed E-state index contributed by atoms with van der Waals surface area (Å²) in [6.07, 6.45) is 5.83. The van der Waals surface area contributed by atoms with Crippen molar-refractivity contribution in [2.45, 2.75) is 43.4 Å². The number of halogens is 1. The lowest BCUT2D eigenvalue weighted by atomic mass is 10.0. The summed E-state index contributed by atoms with van der Waals surface area (Å²) in [7, 11) is -3.74. The van der Waals surface area contributed by atoms with E-state index in [2.05, 4.69) is 20.7 Å². The van der Waals surface area contributed by atoms with Gasteiger partial charge in [0.25, 0.3) is 10.0 Å². The van der Waals surface area contributed by atoms with Crippen LogP contribution in [0.4, 0.5) is 0 Å². The summed E-state index contributed by atoms with van der Waals surface area (Å²) in [5, 5.41) is 0. The first-order chi connectivity index (χ1) is 9.47. The Balaban J connectivity index is 1.90. The summed E-state index contributed by atoms with van der Waals surface area (Å²) >= 11 is 3.24. The van der Waals surface area contributed by atoms with E-state index in [-0.39, 0.29) is 11.3 Å². The van der Waals surface area contributed by atoms with Gasteiger partial charge >= 0.3 is 0 Å². The van der Waals surface area contributed by atoms with Gasteiger partial charge < -0.3 is 0 Å². The van der Waals surface area contributed by atoms with E-state index in [1.54, 1.807) is 12.1 Å². The van der Waals surface area contributed by atoms with Gasteiger partial charge in [0, 0.05) is 10.9 Å². The van der Waals surface area contributed by atoms with E-state index < -0.39 is 15.9 Å². The second kappa shape index (κ2) is 6.72. The molecule has 0 aliphatic heterocycles. The number of amides is 1. The zero-order valence-electron chi connectivity index (χ0n) is 11.1. The summed E-state index contributed by atoms with van der Waals surface area (Å²) < 4.78 is 26.9. The van der Waals surface area contributed by atoms with Gasteiger partial charge in [-0.3, -0.25) is 4.79 Å². The lowest BCUT2D eigenvalue weighted by molar-refractivity contribution is -0.119. The van der Waals surface area contributed by atoms with Crippen molar-refractivity contribution in [2.24, 2.45) is 5.92 Å². The zero-order valence-corrected chi connectivity index (χ0v) is 13.5. The highest BCUT2D eigenvalue weighted by atomic mass is 79.9. The Kier molecular flexibility index (Phi) is 5.21. The smallest absolute Gasteiger partial charge is 0.264 e. The van der Waals surface area contributed by atoms with Crippen LogP contribution in [0, 0.1) is 5.92 Å². The predicted molar refractivity (Wildman–Crippen MR) is 80.7 cm³/mol. The number of benzene rings is 1. The molecule has 1 aliphatic carbocycles. The molecule has 0 heterocycles. The summed E-state index contributed by atoms with van der Waals surface area (Å²) in [5.74, 6) is 0.163. The molecule has 0 spiro atoms. The fourth-order valence-corrected chi connectivity index (χ4v) is 3.79. The van der Waals surface area contributed by atoms with Crippen LogP contribution in [-0.2, 0) is 14.8 Å². The molecule has 1 aromatic carbocycles. The van der Waals surface area contributed by atoms with Crippen LogP contribution in [0.15, 0.2) is 33.6 Å². The molecule has 0 bridgehead atoms. The van der Waals surface area contributed by atoms with Gasteiger partial charge in [-0.05, 0) is 36.6 Å². The molecule has 4 nitrogen and oxygen atoms in total. The van der Waals surface area contributed by atoms with Gasteiger partial charge in [0.2, 0.25) is 5.91 Å². The van der Waals surface area contributed by atoms with E-state index in [4.69, 9.17) is 0 Å². The van der Waals surface area contributed by atoms with Crippen LogP contribution in [0.5, 0.6) is 0 Å². The van der Waals surface area contributed by atoms with Crippen molar-refractivity contribution in [2.75, 3.05) is 0 Å². The van der Waals surface area contributed by atoms with Gasteiger partial charge in [-0.25, -0.2) is 13.1 Å². The molecule has 0 unspecified atom stereocenters. The summed E-state index contributed by atoms with van der Waals surface area (Å²) in [6.45, 7) is 0. The highest BCUT2D eigenvalue weighted by Crippen LogP contribution is 2.28. The van der Waals surface area contributed by atoms with Crippen LogP contribution >= 0.6 is 15.9 Å². The summed E-state index contributed by atoms with van der Waals surface area (Å²) in [4.78, 5) is 11.9. The number of sulfonamides is 1. The quantitative estimate of drug-likeness (QED) is 0.877. The van der Waals surface area contributed by atoms with E-state index in [0.29, 0.717) is 5.92 Å². The normalized spacial score (nSPS) is 16.2. The van der Waals surface area contributed by atoms with Gasteiger partial charge in [0.05, 0.1) is 4.90 Å². The minimum atomic E-state index is -3.74. The number of nitrogens with one attached hydrogen (secondary N) is 1. The van der Waals surface area contributed by atoms with Gasteiger partial charge in [0.15, 0.2) is 0 Å².